The zero-order valence-electron chi connectivity index (χ0n) is 6.95. The number of phenols is 1. The summed E-state index contributed by atoms with van der Waals surface area (Å²) in [6.45, 7) is 0. The average Bonchev–Trinajstić information content (AvgIpc) is 2.08. The molecule has 1 atom stereocenters. The fourth-order valence-corrected chi connectivity index (χ4v) is 1.43. The van der Waals surface area contributed by atoms with Crippen LogP contribution in [0, 0.1) is 0 Å². The lowest BCUT2D eigenvalue weighted by Crippen LogP contribution is -2.19. The number of hydrogen-bond acceptors (Lipinski definition) is 2. The molecular weight excluding hydrogens is 279 g/mol. The second kappa shape index (κ2) is 5.48. The van der Waals surface area contributed by atoms with Gasteiger partial charge in [-0.15, -0.1) is 12.4 Å². The second-order valence-electron chi connectivity index (χ2n) is 2.57. The molecule has 2 nitrogen and oxygen atoms in total. The Bertz CT molecular complexity index is 311. The van der Waals surface area contributed by atoms with Gasteiger partial charge in [-0.25, -0.2) is 8.78 Å². The van der Waals surface area contributed by atoms with Gasteiger partial charge in [0.2, 0.25) is 0 Å². The van der Waals surface area contributed by atoms with Crippen LogP contribution < -0.4 is 5.73 Å². The van der Waals surface area contributed by atoms with Crippen LogP contribution in [0.1, 0.15) is 11.6 Å². The van der Waals surface area contributed by atoms with Crippen LogP contribution in [-0.2, 0) is 0 Å². The van der Waals surface area contributed by atoms with Crippen molar-refractivity contribution in [3.05, 3.63) is 28.2 Å². The molecule has 0 saturated carbocycles. The predicted molar refractivity (Wildman–Crippen MR) is 56.0 cm³/mol. The lowest BCUT2D eigenvalue weighted by Gasteiger charge is -2.12. The summed E-state index contributed by atoms with van der Waals surface area (Å²) >= 11 is 3.07. The topological polar surface area (TPSA) is 46.2 Å². The molecule has 3 N–H and O–H groups in total. The highest BCUT2D eigenvalue weighted by atomic mass is 79.9. The minimum atomic E-state index is -2.64. The van der Waals surface area contributed by atoms with Gasteiger partial charge in [-0.05, 0) is 23.8 Å². The van der Waals surface area contributed by atoms with Crippen LogP contribution in [0.3, 0.4) is 0 Å². The summed E-state index contributed by atoms with van der Waals surface area (Å²) in [5.74, 6) is -0.0747. The van der Waals surface area contributed by atoms with Crippen LogP contribution in [0.15, 0.2) is 22.7 Å². The summed E-state index contributed by atoms with van der Waals surface area (Å²) in [5.41, 5.74) is 5.42. The third-order valence-electron chi connectivity index (χ3n) is 1.61. The molecule has 0 spiro atoms. The van der Waals surface area contributed by atoms with E-state index in [0.717, 1.165) is 0 Å². The van der Waals surface area contributed by atoms with Gasteiger partial charge in [0.1, 0.15) is 5.75 Å². The Morgan fingerprint density at radius 2 is 1.93 bits per heavy atom. The Kier molecular flexibility index (Phi) is 5.33. The van der Waals surface area contributed by atoms with Crippen molar-refractivity contribution in [2.24, 2.45) is 5.73 Å². The van der Waals surface area contributed by atoms with E-state index in [2.05, 4.69) is 15.9 Å². The van der Waals surface area contributed by atoms with E-state index in [9.17, 15) is 8.78 Å². The maximum atomic E-state index is 12.2. The summed E-state index contributed by atoms with van der Waals surface area (Å²) in [4.78, 5) is 0. The molecule has 0 radical (unpaired) electrons. The molecule has 0 bridgehead atoms. The highest BCUT2D eigenvalue weighted by molar-refractivity contribution is 9.10. The Labute approximate surface area is 94.6 Å². The van der Waals surface area contributed by atoms with Gasteiger partial charge in [0.05, 0.1) is 6.04 Å². The predicted octanol–water partition coefficient (Wildman–Crippen LogP) is 2.84. The van der Waals surface area contributed by atoms with Crippen LogP contribution in [0.5, 0.6) is 5.75 Å². The number of benzene rings is 1. The van der Waals surface area contributed by atoms with Crippen molar-refractivity contribution < 1.29 is 13.9 Å². The molecule has 80 valence electrons. The maximum Gasteiger partial charge on any atom is 0.257 e. The first-order valence-electron chi connectivity index (χ1n) is 3.54. The largest absolute Gasteiger partial charge is 0.508 e. The first-order chi connectivity index (χ1) is 6.02. The second-order valence-corrected chi connectivity index (χ2v) is 3.42. The van der Waals surface area contributed by atoms with Crippen LogP contribution in [-0.4, -0.2) is 11.5 Å². The number of aromatic hydroxyl groups is 1. The minimum Gasteiger partial charge on any atom is -0.508 e. The fourth-order valence-electron chi connectivity index (χ4n) is 0.922. The van der Waals surface area contributed by atoms with Crippen molar-refractivity contribution >= 4 is 28.3 Å². The SMILES string of the molecule is Cl.N[C@@H](c1cc(O)ccc1Br)C(F)F. The fraction of sp³-hybridized carbons (Fsp3) is 0.250. The summed E-state index contributed by atoms with van der Waals surface area (Å²) in [7, 11) is 0. The Balaban J connectivity index is 0.00000169. The van der Waals surface area contributed by atoms with Gasteiger partial charge in [-0.1, -0.05) is 15.9 Å². The molecular formula is C8H9BrClF2NO. The third kappa shape index (κ3) is 3.08. The summed E-state index contributed by atoms with van der Waals surface area (Å²) in [6.07, 6.45) is -2.64. The zero-order chi connectivity index (χ0) is 10.0. The molecule has 0 fully saturated rings. The Morgan fingerprint density at radius 3 is 2.43 bits per heavy atom. The van der Waals surface area contributed by atoms with E-state index < -0.39 is 12.5 Å². The van der Waals surface area contributed by atoms with E-state index in [1.807, 2.05) is 0 Å². The van der Waals surface area contributed by atoms with E-state index in [0.29, 0.717) is 4.47 Å². The van der Waals surface area contributed by atoms with E-state index in [4.69, 9.17) is 10.8 Å². The highest BCUT2D eigenvalue weighted by Crippen LogP contribution is 2.28. The molecule has 1 rings (SSSR count). The molecule has 14 heavy (non-hydrogen) atoms. The van der Waals surface area contributed by atoms with Crippen molar-refractivity contribution in [2.75, 3.05) is 0 Å². The van der Waals surface area contributed by atoms with Gasteiger partial charge in [-0.3, -0.25) is 0 Å². The number of rotatable bonds is 2. The van der Waals surface area contributed by atoms with Crippen LogP contribution in [0.2, 0.25) is 0 Å². The third-order valence-corrected chi connectivity index (χ3v) is 2.33. The summed E-state index contributed by atoms with van der Waals surface area (Å²) in [6, 6.07) is 2.72. The van der Waals surface area contributed by atoms with Gasteiger partial charge in [0.25, 0.3) is 6.43 Å². The quantitative estimate of drug-likeness (QED) is 0.879. The molecule has 1 aromatic carbocycles. The van der Waals surface area contributed by atoms with Gasteiger partial charge >= 0.3 is 0 Å². The monoisotopic (exact) mass is 287 g/mol. The Hall–Kier alpha value is -0.390. The maximum absolute atomic E-state index is 12.2. The Morgan fingerprint density at radius 1 is 1.36 bits per heavy atom. The molecule has 6 heteroatoms. The number of nitrogens with two attached hydrogens (primary N) is 1. The average molecular weight is 289 g/mol. The van der Waals surface area contributed by atoms with Crippen molar-refractivity contribution in [1.29, 1.82) is 0 Å². The number of hydrogen-bond donors (Lipinski definition) is 2. The molecule has 0 aromatic heterocycles. The first kappa shape index (κ1) is 13.6. The van der Waals surface area contributed by atoms with Crippen LogP contribution in [0.25, 0.3) is 0 Å². The first-order valence-corrected chi connectivity index (χ1v) is 4.34. The van der Waals surface area contributed by atoms with E-state index in [1.165, 1.54) is 18.2 Å². The van der Waals surface area contributed by atoms with Crippen molar-refractivity contribution in [1.82, 2.24) is 0 Å². The molecule has 0 heterocycles. The number of alkyl halides is 2. The van der Waals surface area contributed by atoms with Crippen molar-refractivity contribution in [3.63, 3.8) is 0 Å². The molecule has 0 aliphatic carbocycles. The molecule has 0 aliphatic rings. The smallest absolute Gasteiger partial charge is 0.257 e. The van der Waals surface area contributed by atoms with Gasteiger partial charge in [-0.2, -0.15) is 0 Å². The molecule has 0 amide bonds. The lowest BCUT2D eigenvalue weighted by molar-refractivity contribution is 0.116. The van der Waals surface area contributed by atoms with Gasteiger partial charge < -0.3 is 10.8 Å². The molecule has 0 aliphatic heterocycles. The highest BCUT2D eigenvalue weighted by Gasteiger charge is 2.20. The minimum absolute atomic E-state index is 0. The number of phenolic OH excluding ortho intramolecular Hbond substituents is 1. The molecule has 0 unspecified atom stereocenters. The van der Waals surface area contributed by atoms with E-state index in [-0.39, 0.29) is 23.7 Å². The molecule has 0 saturated heterocycles. The van der Waals surface area contributed by atoms with Crippen molar-refractivity contribution in [2.45, 2.75) is 12.5 Å². The summed E-state index contributed by atoms with van der Waals surface area (Å²) in [5, 5.41) is 9.05. The lowest BCUT2D eigenvalue weighted by atomic mass is 10.1. The molecule has 1 aromatic rings. The zero-order valence-corrected chi connectivity index (χ0v) is 9.36. The van der Waals surface area contributed by atoms with Gasteiger partial charge in [0, 0.05) is 4.47 Å². The van der Waals surface area contributed by atoms with E-state index >= 15 is 0 Å². The van der Waals surface area contributed by atoms with Crippen LogP contribution >= 0.6 is 28.3 Å². The van der Waals surface area contributed by atoms with Gasteiger partial charge in [0.15, 0.2) is 0 Å². The number of halogens is 4. The standard InChI is InChI=1S/C8H8BrF2NO.ClH/c9-6-2-1-4(13)3-5(6)7(12)8(10)11;/h1-3,7-8,13H,12H2;1H/t7-;/m0./s1. The van der Waals surface area contributed by atoms with Crippen LogP contribution in [0.4, 0.5) is 8.78 Å². The normalized spacial score (nSPS) is 12.4. The van der Waals surface area contributed by atoms with E-state index in [1.54, 1.807) is 0 Å². The van der Waals surface area contributed by atoms with Crippen molar-refractivity contribution in [3.8, 4) is 5.75 Å². The summed E-state index contributed by atoms with van der Waals surface area (Å²) < 4.78 is 24.9.